The minimum atomic E-state index is -0.987. The van der Waals surface area contributed by atoms with Crippen LogP contribution in [0.5, 0.6) is 0 Å². The van der Waals surface area contributed by atoms with Crippen molar-refractivity contribution in [2.24, 2.45) is 5.92 Å². The van der Waals surface area contributed by atoms with Crippen LogP contribution in [0.15, 0.2) is 0 Å². The zero-order valence-corrected chi connectivity index (χ0v) is 12.7. The van der Waals surface area contributed by atoms with Gasteiger partial charge in [-0.05, 0) is 32.3 Å². The molecule has 1 aliphatic carbocycles. The van der Waals surface area contributed by atoms with Crippen LogP contribution >= 0.6 is 11.3 Å². The first-order chi connectivity index (χ1) is 9.49. The van der Waals surface area contributed by atoms with Crippen molar-refractivity contribution < 1.29 is 19.4 Å². The fraction of sp³-hybridized carbons (Fsp3) is 0.571. The lowest BCUT2D eigenvalue weighted by molar-refractivity contribution is -0.118. The molecule has 1 amide bonds. The molecule has 110 valence electrons. The van der Waals surface area contributed by atoms with E-state index in [0.717, 1.165) is 10.4 Å². The summed E-state index contributed by atoms with van der Waals surface area (Å²) in [5, 5.41) is 12.5. The van der Waals surface area contributed by atoms with Crippen LogP contribution in [-0.2, 0) is 16.0 Å². The minimum absolute atomic E-state index is 0.0139. The highest BCUT2D eigenvalue weighted by Crippen LogP contribution is 2.38. The predicted octanol–water partition coefficient (Wildman–Crippen LogP) is 2.68. The summed E-state index contributed by atoms with van der Waals surface area (Å²) in [5.74, 6) is -1.28. The van der Waals surface area contributed by atoms with Crippen molar-refractivity contribution in [1.82, 2.24) is 0 Å². The summed E-state index contributed by atoms with van der Waals surface area (Å²) in [4.78, 5) is 24.4. The van der Waals surface area contributed by atoms with Crippen LogP contribution in [0.25, 0.3) is 0 Å². The molecule has 0 saturated heterocycles. The van der Waals surface area contributed by atoms with Crippen LogP contribution in [0.2, 0.25) is 0 Å². The van der Waals surface area contributed by atoms with Gasteiger partial charge in [0, 0.05) is 11.5 Å². The maximum Gasteiger partial charge on any atom is 0.339 e. The van der Waals surface area contributed by atoms with E-state index in [9.17, 15) is 14.7 Å². The Hall–Kier alpha value is -1.40. The summed E-state index contributed by atoms with van der Waals surface area (Å²) >= 11 is 1.33. The van der Waals surface area contributed by atoms with E-state index >= 15 is 0 Å². The molecule has 0 radical (unpaired) electrons. The van der Waals surface area contributed by atoms with Crippen LogP contribution in [0.3, 0.4) is 0 Å². The lowest BCUT2D eigenvalue weighted by Crippen LogP contribution is -2.17. The van der Waals surface area contributed by atoms with Gasteiger partial charge < -0.3 is 15.2 Å². The van der Waals surface area contributed by atoms with Gasteiger partial charge in [0.15, 0.2) is 0 Å². The molecule has 1 aliphatic rings. The second-order valence-electron chi connectivity index (χ2n) is 4.82. The van der Waals surface area contributed by atoms with Crippen LogP contribution in [0.1, 0.15) is 41.1 Å². The molecule has 1 heterocycles. The van der Waals surface area contributed by atoms with E-state index in [1.807, 2.05) is 20.8 Å². The summed E-state index contributed by atoms with van der Waals surface area (Å²) in [6.45, 7) is 6.28. The minimum Gasteiger partial charge on any atom is -0.478 e. The highest BCUT2D eigenvalue weighted by Gasteiger charge is 2.44. The molecule has 0 spiro atoms. The van der Waals surface area contributed by atoms with E-state index in [0.29, 0.717) is 24.4 Å². The average Bonchev–Trinajstić information content (AvgIpc) is 3.07. The number of carboxylic acid groups (broad SMARTS) is 1. The van der Waals surface area contributed by atoms with Crippen LogP contribution < -0.4 is 5.32 Å². The van der Waals surface area contributed by atoms with Crippen molar-refractivity contribution in [1.29, 1.82) is 0 Å². The van der Waals surface area contributed by atoms with Crippen LogP contribution in [0, 0.1) is 12.8 Å². The number of hydrogen-bond acceptors (Lipinski definition) is 4. The number of nitrogens with one attached hydrogen (secondary N) is 1. The Kier molecular flexibility index (Phi) is 4.45. The van der Waals surface area contributed by atoms with Gasteiger partial charge in [-0.2, -0.15) is 0 Å². The van der Waals surface area contributed by atoms with Gasteiger partial charge in [-0.3, -0.25) is 4.79 Å². The van der Waals surface area contributed by atoms with E-state index in [1.165, 1.54) is 11.3 Å². The number of thiophene rings is 1. The van der Waals surface area contributed by atoms with Gasteiger partial charge in [-0.1, -0.05) is 6.92 Å². The quantitative estimate of drug-likeness (QED) is 0.846. The number of aromatic carboxylic acids is 1. The third-order valence-electron chi connectivity index (χ3n) is 3.46. The van der Waals surface area contributed by atoms with Crippen LogP contribution in [0.4, 0.5) is 5.00 Å². The molecule has 2 rings (SSSR count). The van der Waals surface area contributed by atoms with Gasteiger partial charge >= 0.3 is 5.97 Å². The van der Waals surface area contributed by atoms with Crippen molar-refractivity contribution in [2.45, 2.75) is 39.7 Å². The Morgan fingerprint density at radius 1 is 1.45 bits per heavy atom. The maximum atomic E-state index is 12.1. The molecule has 1 aromatic rings. The van der Waals surface area contributed by atoms with Gasteiger partial charge in [0.2, 0.25) is 5.91 Å². The molecule has 2 unspecified atom stereocenters. The van der Waals surface area contributed by atoms with Gasteiger partial charge in [-0.15, -0.1) is 11.3 Å². The Morgan fingerprint density at radius 2 is 2.15 bits per heavy atom. The number of carboxylic acids is 1. The molecule has 2 atom stereocenters. The fourth-order valence-electron chi connectivity index (χ4n) is 2.37. The monoisotopic (exact) mass is 297 g/mol. The van der Waals surface area contributed by atoms with Gasteiger partial charge in [0.1, 0.15) is 5.00 Å². The van der Waals surface area contributed by atoms with Crippen molar-refractivity contribution in [2.75, 3.05) is 11.9 Å². The average molecular weight is 297 g/mol. The molecule has 2 N–H and O–H groups in total. The number of amides is 1. The topological polar surface area (TPSA) is 75.6 Å². The van der Waals surface area contributed by atoms with E-state index in [4.69, 9.17) is 4.74 Å². The normalized spacial score (nSPS) is 20.8. The highest BCUT2D eigenvalue weighted by molar-refractivity contribution is 7.16. The first-order valence-electron chi connectivity index (χ1n) is 6.77. The molecule has 1 fully saturated rings. The number of rotatable bonds is 6. The SMILES string of the molecule is CCOC1CC1C(=O)Nc1sc(C)c(CC)c1C(=O)O. The van der Waals surface area contributed by atoms with Crippen LogP contribution in [-0.4, -0.2) is 29.7 Å². The number of carbonyl (C=O) groups is 2. The number of aryl methyl sites for hydroxylation is 1. The lowest BCUT2D eigenvalue weighted by atomic mass is 10.1. The second kappa shape index (κ2) is 5.93. The third kappa shape index (κ3) is 2.86. The molecule has 6 heteroatoms. The summed E-state index contributed by atoms with van der Waals surface area (Å²) in [7, 11) is 0. The Labute approximate surface area is 121 Å². The lowest BCUT2D eigenvalue weighted by Gasteiger charge is -2.05. The molecule has 0 aliphatic heterocycles. The summed E-state index contributed by atoms with van der Waals surface area (Å²) in [5.41, 5.74) is 1.03. The maximum absolute atomic E-state index is 12.1. The Morgan fingerprint density at radius 3 is 2.70 bits per heavy atom. The molecule has 20 heavy (non-hydrogen) atoms. The van der Waals surface area contributed by atoms with Gasteiger partial charge in [-0.25, -0.2) is 4.79 Å². The van der Waals surface area contributed by atoms with Gasteiger partial charge in [0.25, 0.3) is 0 Å². The third-order valence-corrected chi connectivity index (χ3v) is 4.53. The standard InChI is InChI=1S/C14H19NO4S/c1-4-8-7(3)20-13(11(8)14(17)18)15-12(16)9-6-10(9)19-5-2/h9-10H,4-6H2,1-3H3,(H,15,16)(H,17,18). The fourth-order valence-corrected chi connectivity index (χ4v) is 3.51. The number of anilines is 1. The zero-order chi connectivity index (χ0) is 14.9. The molecule has 0 aromatic carbocycles. The second-order valence-corrected chi connectivity index (χ2v) is 6.05. The molecular weight excluding hydrogens is 278 g/mol. The first-order valence-corrected chi connectivity index (χ1v) is 7.59. The largest absolute Gasteiger partial charge is 0.478 e. The zero-order valence-electron chi connectivity index (χ0n) is 11.9. The van der Waals surface area contributed by atoms with Crippen molar-refractivity contribution in [3.8, 4) is 0 Å². The number of ether oxygens (including phenoxy) is 1. The van der Waals surface area contributed by atoms with Crippen molar-refractivity contribution in [3.05, 3.63) is 16.0 Å². The Bertz CT molecular complexity index is 538. The molecule has 1 saturated carbocycles. The van der Waals surface area contributed by atoms with E-state index in [2.05, 4.69) is 5.32 Å². The number of carbonyl (C=O) groups excluding carboxylic acids is 1. The molecule has 1 aromatic heterocycles. The van der Waals surface area contributed by atoms with Crippen molar-refractivity contribution >= 4 is 28.2 Å². The van der Waals surface area contributed by atoms with E-state index in [-0.39, 0.29) is 23.5 Å². The first kappa shape index (κ1) is 15.0. The Balaban J connectivity index is 2.14. The van der Waals surface area contributed by atoms with Crippen molar-refractivity contribution in [3.63, 3.8) is 0 Å². The number of hydrogen-bond donors (Lipinski definition) is 2. The molecular formula is C14H19NO4S. The predicted molar refractivity (Wildman–Crippen MR) is 77.5 cm³/mol. The highest BCUT2D eigenvalue weighted by atomic mass is 32.1. The summed E-state index contributed by atoms with van der Waals surface area (Å²) in [6.07, 6.45) is 1.35. The smallest absolute Gasteiger partial charge is 0.339 e. The molecule has 5 nitrogen and oxygen atoms in total. The molecule has 0 bridgehead atoms. The van der Waals surface area contributed by atoms with E-state index in [1.54, 1.807) is 0 Å². The summed E-state index contributed by atoms with van der Waals surface area (Å²) in [6, 6.07) is 0. The van der Waals surface area contributed by atoms with Gasteiger partial charge in [0.05, 0.1) is 17.6 Å². The summed E-state index contributed by atoms with van der Waals surface area (Å²) < 4.78 is 5.38. The van der Waals surface area contributed by atoms with E-state index < -0.39 is 5.97 Å².